The van der Waals surface area contributed by atoms with Crippen LogP contribution in [0.1, 0.15) is 18.2 Å². The van der Waals surface area contributed by atoms with E-state index in [9.17, 15) is 8.78 Å². The summed E-state index contributed by atoms with van der Waals surface area (Å²) in [5.41, 5.74) is 0.430. The molecule has 2 N–H and O–H groups in total. The number of halogens is 2. The second-order valence-electron chi connectivity index (χ2n) is 7.12. The van der Waals surface area contributed by atoms with Crippen LogP contribution in [-0.4, -0.2) is 57.7 Å². The number of hydrogen-bond donors (Lipinski definition) is 2. The molecule has 28 heavy (non-hydrogen) atoms. The molecule has 1 saturated heterocycles. The van der Waals surface area contributed by atoms with Crippen LogP contribution in [0.4, 0.5) is 14.5 Å². The lowest BCUT2D eigenvalue weighted by atomic mass is 10.2. The molecule has 2 heterocycles. The summed E-state index contributed by atoms with van der Waals surface area (Å²) >= 11 is 0. The van der Waals surface area contributed by atoms with Gasteiger partial charge in [-0.2, -0.15) is 0 Å². The number of rotatable bonds is 6. The fourth-order valence-corrected chi connectivity index (χ4v) is 3.43. The fourth-order valence-electron chi connectivity index (χ4n) is 3.43. The van der Waals surface area contributed by atoms with Crippen molar-refractivity contribution in [2.75, 3.05) is 45.7 Å². The number of hydrogen-bond acceptors (Lipinski definition) is 4. The first-order valence-electron chi connectivity index (χ1n) is 9.35. The van der Waals surface area contributed by atoms with Gasteiger partial charge in [0.25, 0.3) is 0 Å². The zero-order chi connectivity index (χ0) is 20.1. The third kappa shape index (κ3) is 4.81. The van der Waals surface area contributed by atoms with E-state index in [2.05, 4.69) is 20.5 Å². The molecule has 8 heteroatoms. The van der Waals surface area contributed by atoms with Crippen LogP contribution in [0.2, 0.25) is 0 Å². The minimum Gasteiger partial charge on any atom is -0.468 e. The first-order chi connectivity index (χ1) is 13.5. The van der Waals surface area contributed by atoms with Gasteiger partial charge in [0.1, 0.15) is 17.4 Å². The molecule has 0 bridgehead atoms. The largest absolute Gasteiger partial charge is 0.468 e. The SMILES string of the molecule is CN=C(NCC(c1ccco1)N(C)C)NC1CCN(c2ccc(F)cc2F)C1. The van der Waals surface area contributed by atoms with Gasteiger partial charge in [-0.15, -0.1) is 0 Å². The highest BCUT2D eigenvalue weighted by Gasteiger charge is 2.26. The first-order valence-corrected chi connectivity index (χ1v) is 9.35. The zero-order valence-corrected chi connectivity index (χ0v) is 16.5. The van der Waals surface area contributed by atoms with Crippen LogP contribution in [0, 0.1) is 11.6 Å². The molecule has 0 amide bonds. The van der Waals surface area contributed by atoms with E-state index in [1.54, 1.807) is 13.3 Å². The summed E-state index contributed by atoms with van der Waals surface area (Å²) in [6, 6.07) is 7.72. The number of nitrogens with one attached hydrogen (secondary N) is 2. The molecule has 1 fully saturated rings. The van der Waals surface area contributed by atoms with Crippen LogP contribution in [0.5, 0.6) is 0 Å². The van der Waals surface area contributed by atoms with Gasteiger partial charge in [-0.05, 0) is 44.8 Å². The predicted molar refractivity (Wildman–Crippen MR) is 107 cm³/mol. The molecular formula is C20H27F2N5O. The van der Waals surface area contributed by atoms with Gasteiger partial charge in [-0.25, -0.2) is 8.78 Å². The van der Waals surface area contributed by atoms with Crippen molar-refractivity contribution < 1.29 is 13.2 Å². The number of benzene rings is 1. The third-order valence-corrected chi connectivity index (χ3v) is 4.96. The van der Waals surface area contributed by atoms with E-state index in [0.717, 1.165) is 18.2 Å². The van der Waals surface area contributed by atoms with Crippen molar-refractivity contribution in [2.45, 2.75) is 18.5 Å². The standard InChI is InChI=1S/C20H27F2N5O/c1-23-20(24-12-18(26(2)3)19-5-4-10-28-19)25-15-8-9-27(13-15)17-7-6-14(21)11-16(17)22/h4-7,10-11,15,18H,8-9,12-13H2,1-3H3,(H2,23,24,25). The van der Waals surface area contributed by atoms with Crippen molar-refractivity contribution in [3.05, 3.63) is 54.0 Å². The van der Waals surface area contributed by atoms with Crippen molar-refractivity contribution in [3.8, 4) is 0 Å². The van der Waals surface area contributed by atoms with E-state index in [1.165, 1.54) is 12.1 Å². The second kappa shape index (κ2) is 9.05. The molecule has 1 aromatic heterocycles. The van der Waals surface area contributed by atoms with Crippen LogP contribution in [-0.2, 0) is 0 Å². The Labute approximate surface area is 164 Å². The lowest BCUT2D eigenvalue weighted by molar-refractivity contribution is 0.258. The van der Waals surface area contributed by atoms with Gasteiger partial charge >= 0.3 is 0 Å². The summed E-state index contributed by atoms with van der Waals surface area (Å²) < 4.78 is 32.7. The highest BCUT2D eigenvalue weighted by atomic mass is 19.1. The average Bonchev–Trinajstić information content (AvgIpc) is 3.33. The van der Waals surface area contributed by atoms with Crippen LogP contribution in [0.15, 0.2) is 46.0 Å². The average molecular weight is 391 g/mol. The van der Waals surface area contributed by atoms with E-state index in [1.807, 2.05) is 31.1 Å². The van der Waals surface area contributed by atoms with Crippen LogP contribution in [0.25, 0.3) is 0 Å². The minimum atomic E-state index is -0.563. The van der Waals surface area contributed by atoms with Crippen molar-refractivity contribution in [1.82, 2.24) is 15.5 Å². The first kappa shape index (κ1) is 20.1. The molecule has 0 aliphatic carbocycles. The molecule has 0 saturated carbocycles. The molecule has 6 nitrogen and oxygen atoms in total. The normalized spacial score (nSPS) is 18.6. The molecule has 2 atom stereocenters. The van der Waals surface area contributed by atoms with Gasteiger partial charge in [0.2, 0.25) is 0 Å². The smallest absolute Gasteiger partial charge is 0.191 e. The van der Waals surface area contributed by atoms with E-state index in [-0.39, 0.29) is 12.1 Å². The number of furan rings is 1. The predicted octanol–water partition coefficient (Wildman–Crippen LogP) is 2.60. The van der Waals surface area contributed by atoms with E-state index in [4.69, 9.17) is 4.42 Å². The van der Waals surface area contributed by atoms with Gasteiger partial charge in [0, 0.05) is 38.8 Å². The highest BCUT2D eigenvalue weighted by molar-refractivity contribution is 5.80. The van der Waals surface area contributed by atoms with Gasteiger partial charge in [-0.3, -0.25) is 9.89 Å². The van der Waals surface area contributed by atoms with Gasteiger partial charge < -0.3 is 20.0 Å². The van der Waals surface area contributed by atoms with Crippen LogP contribution < -0.4 is 15.5 Å². The monoisotopic (exact) mass is 391 g/mol. The lowest BCUT2D eigenvalue weighted by Crippen LogP contribution is -2.46. The summed E-state index contributed by atoms with van der Waals surface area (Å²) in [5, 5.41) is 6.72. The molecule has 2 unspecified atom stereocenters. The molecule has 2 aromatic rings. The summed E-state index contributed by atoms with van der Waals surface area (Å²) in [4.78, 5) is 8.29. The number of likely N-dealkylation sites (N-methyl/N-ethyl adjacent to an activating group) is 1. The topological polar surface area (TPSA) is 56.0 Å². The Kier molecular flexibility index (Phi) is 6.51. The van der Waals surface area contributed by atoms with E-state index >= 15 is 0 Å². The molecule has 3 rings (SSSR count). The number of anilines is 1. The van der Waals surface area contributed by atoms with Crippen molar-refractivity contribution >= 4 is 11.6 Å². The second-order valence-corrected chi connectivity index (χ2v) is 7.12. The number of nitrogens with zero attached hydrogens (tertiary/aromatic N) is 3. The van der Waals surface area contributed by atoms with E-state index < -0.39 is 11.6 Å². The Morgan fingerprint density at radius 1 is 1.36 bits per heavy atom. The Morgan fingerprint density at radius 3 is 2.82 bits per heavy atom. The van der Waals surface area contributed by atoms with Crippen molar-refractivity contribution in [1.29, 1.82) is 0 Å². The van der Waals surface area contributed by atoms with Gasteiger partial charge in [-0.1, -0.05) is 0 Å². The molecule has 1 aliphatic rings. The minimum absolute atomic E-state index is 0.0712. The maximum atomic E-state index is 14.0. The highest BCUT2D eigenvalue weighted by Crippen LogP contribution is 2.24. The maximum Gasteiger partial charge on any atom is 0.191 e. The zero-order valence-electron chi connectivity index (χ0n) is 16.5. The Morgan fingerprint density at radius 2 is 2.18 bits per heavy atom. The Bertz CT molecular complexity index is 794. The van der Waals surface area contributed by atoms with Gasteiger partial charge in [0.15, 0.2) is 5.96 Å². The molecule has 152 valence electrons. The fraction of sp³-hybridized carbons (Fsp3) is 0.450. The molecule has 1 aliphatic heterocycles. The Hall–Kier alpha value is -2.61. The third-order valence-electron chi connectivity index (χ3n) is 4.96. The molecular weight excluding hydrogens is 364 g/mol. The summed E-state index contributed by atoms with van der Waals surface area (Å²) in [6.07, 6.45) is 2.51. The quantitative estimate of drug-likeness (QED) is 0.586. The lowest BCUT2D eigenvalue weighted by Gasteiger charge is -2.25. The summed E-state index contributed by atoms with van der Waals surface area (Å²) in [5.74, 6) is 0.471. The van der Waals surface area contributed by atoms with Crippen LogP contribution in [0.3, 0.4) is 0 Å². The molecule has 0 radical (unpaired) electrons. The van der Waals surface area contributed by atoms with Gasteiger partial charge in [0.05, 0.1) is 18.0 Å². The van der Waals surface area contributed by atoms with Crippen molar-refractivity contribution in [2.24, 2.45) is 4.99 Å². The molecule has 0 spiro atoms. The summed E-state index contributed by atoms with van der Waals surface area (Å²) in [7, 11) is 5.72. The van der Waals surface area contributed by atoms with Crippen molar-refractivity contribution in [3.63, 3.8) is 0 Å². The number of guanidine groups is 1. The van der Waals surface area contributed by atoms with E-state index in [0.29, 0.717) is 31.3 Å². The Balaban J connectivity index is 1.55. The maximum absolute atomic E-state index is 14.0. The molecule has 1 aromatic carbocycles. The van der Waals surface area contributed by atoms with Crippen LogP contribution >= 0.6 is 0 Å². The summed E-state index contributed by atoms with van der Waals surface area (Å²) in [6.45, 7) is 1.95. The number of aliphatic imine (C=N–C) groups is 1.